The highest BCUT2D eigenvalue weighted by Crippen LogP contribution is 2.62. The standard InChI is InChI=1S/C31H45N5O10/c1-28(2,3)33-13-19(37)34-17-12-18(35(4)5)15-10-14-11-16-23(36(6)7)25(39)22(27(32)41)31(45-8-9-46-31)29(16,42)26(40)20(14)30(43,44)21(15)24(17)38/h12,14,16,23,33,38-40,42-44H,8-11,13H2,1-7H3,(H2,32,41)(H,34,37)/t14-,16-,23-,29-/m0/s1. The van der Waals surface area contributed by atoms with Gasteiger partial charge in [-0.3, -0.25) is 14.5 Å². The molecule has 2 amide bonds. The monoisotopic (exact) mass is 647 g/mol. The van der Waals surface area contributed by atoms with Gasteiger partial charge in [-0.25, -0.2) is 0 Å². The maximum Gasteiger partial charge on any atom is 0.253 e. The Hall–Kier alpha value is -3.44. The van der Waals surface area contributed by atoms with E-state index in [1.807, 2.05) is 20.8 Å². The van der Waals surface area contributed by atoms with Crippen molar-refractivity contribution in [1.82, 2.24) is 10.2 Å². The molecule has 10 N–H and O–H groups in total. The van der Waals surface area contributed by atoms with Crippen LogP contribution in [0.15, 0.2) is 28.7 Å². The molecule has 5 rings (SSSR count). The van der Waals surface area contributed by atoms with Crippen LogP contribution in [0.3, 0.4) is 0 Å². The van der Waals surface area contributed by atoms with Crippen molar-refractivity contribution in [2.75, 3.05) is 58.2 Å². The first-order valence-electron chi connectivity index (χ1n) is 15.1. The van der Waals surface area contributed by atoms with E-state index in [1.54, 1.807) is 38.0 Å². The highest BCUT2D eigenvalue weighted by Gasteiger charge is 2.74. The average molecular weight is 648 g/mol. The SMILES string of the molecule is CN(C)c1cc(NC(=O)CNC(C)(C)C)c(O)c2c1C[C@H]1C[C@H]3[C@H](N(C)C)C(O)=C(C(N)=O)C4(OCCO4)[C@@]3(O)C(O)=C1C2(O)O. The average Bonchev–Trinajstić information content (AvgIpc) is 3.40. The lowest BCUT2D eigenvalue weighted by Crippen LogP contribution is -2.72. The summed E-state index contributed by atoms with van der Waals surface area (Å²) in [5.41, 5.74) is 1.94. The molecule has 0 aromatic heterocycles. The van der Waals surface area contributed by atoms with E-state index in [2.05, 4.69) is 10.6 Å². The Balaban J connectivity index is 1.73. The molecule has 4 atom stereocenters. The third kappa shape index (κ3) is 4.84. The van der Waals surface area contributed by atoms with Crippen LogP contribution in [0, 0.1) is 11.8 Å². The number of nitrogens with zero attached hydrogens (tertiary/aromatic N) is 2. The predicted octanol–water partition coefficient (Wildman–Crippen LogP) is -0.358. The molecule has 4 aliphatic rings. The Bertz CT molecular complexity index is 1520. The molecule has 0 saturated carbocycles. The number of carbonyl (C=O) groups excluding carboxylic acids is 2. The Labute approximate surface area is 266 Å². The van der Waals surface area contributed by atoms with Crippen molar-refractivity contribution >= 4 is 23.2 Å². The number of aromatic hydroxyl groups is 1. The molecular formula is C31H45N5O10. The van der Waals surface area contributed by atoms with Gasteiger partial charge in [0.25, 0.3) is 5.91 Å². The minimum absolute atomic E-state index is 0.0454. The highest BCUT2D eigenvalue weighted by molar-refractivity contribution is 5.96. The van der Waals surface area contributed by atoms with E-state index in [0.29, 0.717) is 11.3 Å². The Morgan fingerprint density at radius 3 is 2.20 bits per heavy atom. The fourth-order valence-electron chi connectivity index (χ4n) is 7.62. The summed E-state index contributed by atoms with van der Waals surface area (Å²) in [6.45, 7) is 5.28. The second kappa shape index (κ2) is 11.1. The van der Waals surface area contributed by atoms with Gasteiger partial charge in [0.2, 0.25) is 17.5 Å². The smallest absolute Gasteiger partial charge is 0.253 e. The molecule has 3 aliphatic carbocycles. The first kappa shape index (κ1) is 33.9. The van der Waals surface area contributed by atoms with Gasteiger partial charge in [-0.1, -0.05) is 0 Å². The van der Waals surface area contributed by atoms with Crippen LogP contribution < -0.4 is 21.3 Å². The first-order chi connectivity index (χ1) is 21.2. The number of rotatable bonds is 6. The second-order valence-electron chi connectivity index (χ2n) is 14.0. The zero-order valence-electron chi connectivity index (χ0n) is 27.1. The molecule has 0 bridgehead atoms. The largest absolute Gasteiger partial charge is 0.510 e. The normalized spacial score (nSPS) is 28.2. The molecule has 254 valence electrons. The maximum absolute atomic E-state index is 12.8. The van der Waals surface area contributed by atoms with E-state index < -0.39 is 80.8 Å². The number of fused-ring (bicyclic) bond motifs is 4. The van der Waals surface area contributed by atoms with Gasteiger partial charge >= 0.3 is 0 Å². The van der Waals surface area contributed by atoms with Crippen LogP contribution in [0.25, 0.3) is 0 Å². The van der Waals surface area contributed by atoms with Crippen LogP contribution in [0.4, 0.5) is 11.4 Å². The fourth-order valence-corrected chi connectivity index (χ4v) is 7.62. The Morgan fingerprint density at radius 1 is 1.07 bits per heavy atom. The number of phenolic OH excluding ortho intramolecular Hbond substituents is 1. The number of aliphatic hydroxyl groups excluding tert-OH is 2. The zero-order valence-corrected chi connectivity index (χ0v) is 27.1. The summed E-state index contributed by atoms with van der Waals surface area (Å²) in [6, 6.07) is 0.461. The molecule has 0 unspecified atom stereocenters. The van der Waals surface area contributed by atoms with E-state index in [1.165, 1.54) is 6.07 Å². The lowest BCUT2D eigenvalue weighted by Gasteiger charge is -2.58. The predicted molar refractivity (Wildman–Crippen MR) is 166 cm³/mol. The minimum Gasteiger partial charge on any atom is -0.510 e. The van der Waals surface area contributed by atoms with Crippen LogP contribution in [0.5, 0.6) is 5.75 Å². The van der Waals surface area contributed by atoms with Gasteiger partial charge in [0.05, 0.1) is 37.1 Å². The van der Waals surface area contributed by atoms with Crippen LogP contribution in [-0.4, -0.2) is 118 Å². The number of likely N-dealkylation sites (N-methyl/N-ethyl adjacent to an activating group) is 1. The summed E-state index contributed by atoms with van der Waals surface area (Å²) in [5, 5.41) is 77.2. The number of aliphatic hydroxyl groups is 5. The van der Waals surface area contributed by atoms with Gasteiger partial charge < -0.3 is 61.4 Å². The number of benzene rings is 1. The molecule has 1 saturated heterocycles. The summed E-state index contributed by atoms with van der Waals surface area (Å²) < 4.78 is 11.6. The van der Waals surface area contributed by atoms with Crippen molar-refractivity contribution in [2.24, 2.45) is 17.6 Å². The summed E-state index contributed by atoms with van der Waals surface area (Å²) >= 11 is 0. The van der Waals surface area contributed by atoms with Gasteiger partial charge in [0.15, 0.2) is 5.60 Å². The van der Waals surface area contributed by atoms with Crippen molar-refractivity contribution < 1.29 is 49.7 Å². The summed E-state index contributed by atoms with van der Waals surface area (Å²) in [5.74, 6) is -11.2. The van der Waals surface area contributed by atoms with Crippen LogP contribution >= 0.6 is 0 Å². The van der Waals surface area contributed by atoms with E-state index in [-0.39, 0.29) is 43.8 Å². The molecule has 1 heterocycles. The molecule has 1 aromatic carbocycles. The first-order valence-corrected chi connectivity index (χ1v) is 15.1. The van der Waals surface area contributed by atoms with Crippen molar-refractivity contribution in [3.05, 3.63) is 39.9 Å². The number of hydrogen-bond donors (Lipinski definition) is 9. The molecule has 46 heavy (non-hydrogen) atoms. The molecule has 15 nitrogen and oxygen atoms in total. The van der Waals surface area contributed by atoms with E-state index in [4.69, 9.17) is 15.2 Å². The fraction of sp³-hybridized carbons (Fsp3) is 0.613. The minimum atomic E-state index is -3.09. The third-order valence-electron chi connectivity index (χ3n) is 9.44. The van der Waals surface area contributed by atoms with Crippen LogP contribution in [0.1, 0.15) is 38.3 Å². The van der Waals surface area contributed by atoms with E-state index in [0.717, 1.165) is 0 Å². The summed E-state index contributed by atoms with van der Waals surface area (Å²) in [6.07, 6.45) is 0.0171. The van der Waals surface area contributed by atoms with Gasteiger partial charge in [0.1, 0.15) is 22.8 Å². The molecule has 1 spiro atoms. The molecular weight excluding hydrogens is 602 g/mol. The van der Waals surface area contributed by atoms with Crippen molar-refractivity contribution in [3.8, 4) is 5.75 Å². The summed E-state index contributed by atoms with van der Waals surface area (Å²) in [4.78, 5) is 28.9. The maximum atomic E-state index is 12.8. The van der Waals surface area contributed by atoms with Crippen molar-refractivity contribution in [1.29, 1.82) is 0 Å². The molecule has 1 aromatic rings. The topological polar surface area (TPSA) is 231 Å². The Morgan fingerprint density at radius 2 is 1.67 bits per heavy atom. The second-order valence-corrected chi connectivity index (χ2v) is 14.0. The number of anilines is 2. The van der Waals surface area contributed by atoms with E-state index in [9.17, 15) is 40.2 Å². The number of amides is 2. The number of nitrogens with two attached hydrogens (primary N) is 1. The molecule has 1 fully saturated rings. The van der Waals surface area contributed by atoms with Gasteiger partial charge in [0, 0.05) is 36.8 Å². The van der Waals surface area contributed by atoms with Gasteiger partial charge in [-0.2, -0.15) is 0 Å². The Kier molecular flexibility index (Phi) is 8.17. The van der Waals surface area contributed by atoms with Crippen molar-refractivity contribution in [3.63, 3.8) is 0 Å². The van der Waals surface area contributed by atoms with Gasteiger partial charge in [-0.05, 0) is 65.3 Å². The number of ether oxygens (including phenoxy) is 2. The number of nitrogens with one attached hydrogen (secondary N) is 2. The molecule has 15 heteroatoms. The summed E-state index contributed by atoms with van der Waals surface area (Å²) in [7, 11) is 6.65. The molecule has 1 aliphatic heterocycles. The lowest BCUT2D eigenvalue weighted by atomic mass is 9.56. The number of carbonyl (C=O) groups is 2. The van der Waals surface area contributed by atoms with Crippen LogP contribution in [0.2, 0.25) is 0 Å². The lowest BCUT2D eigenvalue weighted by molar-refractivity contribution is -0.281. The number of primary amides is 1. The van der Waals surface area contributed by atoms with E-state index >= 15 is 0 Å². The zero-order chi connectivity index (χ0) is 34.3. The molecule has 0 radical (unpaired) electrons. The highest BCUT2D eigenvalue weighted by atomic mass is 16.8. The third-order valence-corrected chi connectivity index (χ3v) is 9.44. The van der Waals surface area contributed by atoms with Crippen LogP contribution in [-0.2, 0) is 31.3 Å². The van der Waals surface area contributed by atoms with Crippen molar-refractivity contribution in [2.45, 2.75) is 62.4 Å². The van der Waals surface area contributed by atoms with Gasteiger partial charge in [-0.15, -0.1) is 0 Å². The quantitative estimate of drug-likeness (QED) is 0.142. The number of phenols is 1. The number of hydrogen-bond acceptors (Lipinski definition) is 13.